The summed E-state index contributed by atoms with van der Waals surface area (Å²) in [5.74, 6) is 1.04. The van der Waals surface area contributed by atoms with Crippen LogP contribution in [0.1, 0.15) is 24.8 Å². The van der Waals surface area contributed by atoms with Gasteiger partial charge in [-0.15, -0.1) is 0 Å². The third-order valence-corrected chi connectivity index (χ3v) is 5.16. The summed E-state index contributed by atoms with van der Waals surface area (Å²) < 4.78 is 10.6. The topological polar surface area (TPSA) is 97.6 Å². The summed E-state index contributed by atoms with van der Waals surface area (Å²) in [4.78, 5) is 31.2. The van der Waals surface area contributed by atoms with Gasteiger partial charge in [-0.2, -0.15) is 4.98 Å². The Balaban J connectivity index is 1.42. The molecule has 8 nitrogen and oxygen atoms in total. The number of ether oxygens (including phenoxy) is 1. The van der Waals surface area contributed by atoms with Gasteiger partial charge in [0.1, 0.15) is 5.75 Å². The number of aryl methyl sites for hydroxylation is 1. The quantitative estimate of drug-likeness (QED) is 0.631. The number of carbonyl (C=O) groups excluding carboxylic acids is 2. The molecule has 1 N–H and O–H groups in total. The van der Waals surface area contributed by atoms with Crippen molar-refractivity contribution in [2.45, 2.75) is 26.8 Å². The van der Waals surface area contributed by atoms with Gasteiger partial charge in [0.2, 0.25) is 23.5 Å². The summed E-state index contributed by atoms with van der Waals surface area (Å²) in [6, 6.07) is 15.0. The summed E-state index contributed by atoms with van der Waals surface area (Å²) >= 11 is 0. The molecule has 1 aliphatic heterocycles. The lowest BCUT2D eigenvalue weighted by molar-refractivity contribution is -0.126. The minimum atomic E-state index is -0.414. The number of rotatable bonds is 7. The zero-order valence-corrected chi connectivity index (χ0v) is 17.5. The highest BCUT2D eigenvalue weighted by Gasteiger charge is 2.35. The maximum absolute atomic E-state index is 12.7. The number of para-hydroxylation sites is 1. The van der Waals surface area contributed by atoms with Gasteiger partial charge in [-0.3, -0.25) is 9.59 Å². The number of nitrogens with zero attached hydrogens (tertiary/aromatic N) is 3. The van der Waals surface area contributed by atoms with Gasteiger partial charge < -0.3 is 19.5 Å². The van der Waals surface area contributed by atoms with E-state index in [0.29, 0.717) is 37.1 Å². The first-order chi connectivity index (χ1) is 15.0. The van der Waals surface area contributed by atoms with Gasteiger partial charge in [0, 0.05) is 43.2 Å². The molecule has 1 fully saturated rings. The van der Waals surface area contributed by atoms with Crippen LogP contribution in [-0.4, -0.2) is 35.1 Å². The normalized spacial score (nSPS) is 15.9. The van der Waals surface area contributed by atoms with Crippen LogP contribution < -0.4 is 15.0 Å². The number of carbonyl (C=O) groups is 2. The predicted molar refractivity (Wildman–Crippen MR) is 114 cm³/mol. The molecule has 0 saturated carbocycles. The predicted octanol–water partition coefficient (Wildman–Crippen LogP) is 3.11. The standard InChI is InChI=1S/C23H24N4O4/c1-3-30-20-10-5-4-7-17(20)13-24-23(29)18-12-21(28)27(14-18)19-9-6-8-16(11-19)22-25-15(2)31-26-22/h4-11,18H,3,12-14H2,1-2H3,(H,24,29)/t18-/m1/s1. The van der Waals surface area contributed by atoms with Crippen LogP contribution >= 0.6 is 0 Å². The van der Waals surface area contributed by atoms with E-state index in [1.54, 1.807) is 11.8 Å². The largest absolute Gasteiger partial charge is 0.494 e. The lowest BCUT2D eigenvalue weighted by Crippen LogP contribution is -2.32. The molecule has 2 aromatic carbocycles. The Morgan fingerprint density at radius 3 is 2.87 bits per heavy atom. The van der Waals surface area contributed by atoms with E-state index in [1.165, 1.54) is 0 Å². The van der Waals surface area contributed by atoms with E-state index >= 15 is 0 Å². The summed E-state index contributed by atoms with van der Waals surface area (Å²) in [7, 11) is 0. The van der Waals surface area contributed by atoms with Crippen molar-refractivity contribution in [2.75, 3.05) is 18.1 Å². The van der Waals surface area contributed by atoms with Crippen LogP contribution in [0.5, 0.6) is 5.75 Å². The second-order valence-corrected chi connectivity index (χ2v) is 7.35. The molecular weight excluding hydrogens is 396 g/mol. The molecule has 0 bridgehead atoms. The molecule has 1 saturated heterocycles. The molecule has 1 atom stereocenters. The first-order valence-electron chi connectivity index (χ1n) is 10.2. The molecule has 2 heterocycles. The van der Waals surface area contributed by atoms with Gasteiger partial charge in [-0.05, 0) is 25.1 Å². The number of amides is 2. The van der Waals surface area contributed by atoms with Gasteiger partial charge >= 0.3 is 0 Å². The minimum Gasteiger partial charge on any atom is -0.494 e. The number of anilines is 1. The van der Waals surface area contributed by atoms with Crippen molar-refractivity contribution in [3.8, 4) is 17.1 Å². The summed E-state index contributed by atoms with van der Waals surface area (Å²) in [5, 5.41) is 6.87. The molecule has 1 aliphatic rings. The number of benzene rings is 2. The minimum absolute atomic E-state index is 0.0868. The molecule has 2 amide bonds. The Bertz CT molecular complexity index is 1090. The second kappa shape index (κ2) is 8.99. The van der Waals surface area contributed by atoms with Crippen LogP contribution in [0, 0.1) is 12.8 Å². The number of nitrogens with one attached hydrogen (secondary N) is 1. The summed E-state index contributed by atoms with van der Waals surface area (Å²) in [5.41, 5.74) is 2.37. The van der Waals surface area contributed by atoms with Crippen molar-refractivity contribution in [1.82, 2.24) is 15.5 Å². The highest BCUT2D eigenvalue weighted by Crippen LogP contribution is 2.28. The monoisotopic (exact) mass is 420 g/mol. The zero-order chi connectivity index (χ0) is 21.8. The fraction of sp³-hybridized carbons (Fsp3) is 0.304. The molecule has 8 heteroatoms. The Hall–Kier alpha value is -3.68. The Morgan fingerprint density at radius 1 is 1.26 bits per heavy atom. The second-order valence-electron chi connectivity index (χ2n) is 7.35. The number of hydrogen-bond donors (Lipinski definition) is 1. The van der Waals surface area contributed by atoms with Gasteiger partial charge in [-0.25, -0.2) is 0 Å². The Kier molecular flexibility index (Phi) is 5.97. The zero-order valence-electron chi connectivity index (χ0n) is 17.5. The van der Waals surface area contributed by atoms with Crippen molar-refractivity contribution in [1.29, 1.82) is 0 Å². The van der Waals surface area contributed by atoms with E-state index in [1.807, 2.05) is 55.5 Å². The maximum atomic E-state index is 12.7. The maximum Gasteiger partial charge on any atom is 0.227 e. The number of aromatic nitrogens is 2. The first-order valence-corrected chi connectivity index (χ1v) is 10.2. The Labute approximate surface area is 180 Å². The molecule has 0 spiro atoms. The fourth-order valence-electron chi connectivity index (χ4n) is 3.64. The van der Waals surface area contributed by atoms with Crippen LogP contribution in [0.2, 0.25) is 0 Å². The highest BCUT2D eigenvalue weighted by atomic mass is 16.5. The van der Waals surface area contributed by atoms with Crippen LogP contribution in [0.3, 0.4) is 0 Å². The van der Waals surface area contributed by atoms with Crippen LogP contribution in [0.25, 0.3) is 11.4 Å². The molecular formula is C23H24N4O4. The fourth-order valence-corrected chi connectivity index (χ4v) is 3.64. The highest BCUT2D eigenvalue weighted by molar-refractivity contribution is 6.00. The van der Waals surface area contributed by atoms with Crippen molar-refractivity contribution < 1.29 is 18.8 Å². The molecule has 160 valence electrons. The first kappa shape index (κ1) is 20.6. The smallest absolute Gasteiger partial charge is 0.227 e. The van der Waals surface area contributed by atoms with Crippen molar-refractivity contribution in [3.05, 3.63) is 60.0 Å². The van der Waals surface area contributed by atoms with Gasteiger partial charge in [-0.1, -0.05) is 35.5 Å². The third-order valence-electron chi connectivity index (χ3n) is 5.16. The third kappa shape index (κ3) is 4.58. The molecule has 3 aromatic rings. The van der Waals surface area contributed by atoms with Crippen molar-refractivity contribution in [2.24, 2.45) is 5.92 Å². The van der Waals surface area contributed by atoms with Crippen LogP contribution in [-0.2, 0) is 16.1 Å². The van der Waals surface area contributed by atoms with Crippen molar-refractivity contribution in [3.63, 3.8) is 0 Å². The number of hydrogen-bond acceptors (Lipinski definition) is 6. The van der Waals surface area contributed by atoms with E-state index in [-0.39, 0.29) is 18.2 Å². The summed E-state index contributed by atoms with van der Waals surface area (Å²) in [6.07, 6.45) is 0.171. The Morgan fingerprint density at radius 2 is 2.10 bits per heavy atom. The molecule has 0 unspecified atom stereocenters. The summed E-state index contributed by atoms with van der Waals surface area (Å²) in [6.45, 7) is 4.88. The van der Waals surface area contributed by atoms with E-state index in [9.17, 15) is 9.59 Å². The van der Waals surface area contributed by atoms with Crippen LogP contribution in [0.15, 0.2) is 53.1 Å². The van der Waals surface area contributed by atoms with E-state index < -0.39 is 5.92 Å². The SMILES string of the molecule is CCOc1ccccc1CNC(=O)[C@@H]1CC(=O)N(c2cccc(-c3noc(C)n3)c2)C1. The lowest BCUT2D eigenvalue weighted by atomic mass is 10.1. The average Bonchev–Trinajstić information content (AvgIpc) is 3.39. The molecule has 1 aromatic heterocycles. The van der Waals surface area contributed by atoms with Gasteiger partial charge in [0.05, 0.1) is 12.5 Å². The van der Waals surface area contributed by atoms with Gasteiger partial charge in [0.25, 0.3) is 0 Å². The van der Waals surface area contributed by atoms with Crippen LogP contribution in [0.4, 0.5) is 5.69 Å². The van der Waals surface area contributed by atoms with E-state index in [2.05, 4.69) is 15.5 Å². The average molecular weight is 420 g/mol. The van der Waals surface area contributed by atoms with E-state index in [4.69, 9.17) is 9.26 Å². The lowest BCUT2D eigenvalue weighted by Gasteiger charge is -2.17. The molecule has 0 aliphatic carbocycles. The van der Waals surface area contributed by atoms with Crippen molar-refractivity contribution >= 4 is 17.5 Å². The molecule has 31 heavy (non-hydrogen) atoms. The van der Waals surface area contributed by atoms with E-state index in [0.717, 1.165) is 16.9 Å². The molecule has 4 rings (SSSR count). The molecule has 0 radical (unpaired) electrons. The van der Waals surface area contributed by atoms with Gasteiger partial charge in [0.15, 0.2) is 0 Å².